The Kier molecular flexibility index (Phi) is 53.7. The van der Waals surface area contributed by atoms with Gasteiger partial charge in [-0.05, 0) is 77.0 Å². The number of allylic oxidation sites excluding steroid dienone is 13. The van der Waals surface area contributed by atoms with Crippen molar-refractivity contribution in [3.8, 4) is 0 Å². The molecule has 0 aromatic carbocycles. The first-order chi connectivity index (χ1) is 36.0. The Morgan fingerprint density at radius 3 is 1.26 bits per heavy atom. The molecule has 8 nitrogen and oxygen atoms in total. The first-order valence-corrected chi connectivity index (χ1v) is 32.4. The van der Waals surface area contributed by atoms with E-state index in [4.69, 9.17) is 9.05 Å². The number of nitrogens with one attached hydrogen (secondary N) is 1. The molecule has 0 bridgehead atoms. The summed E-state index contributed by atoms with van der Waals surface area (Å²) >= 11 is 0. The third-order valence-corrected chi connectivity index (χ3v) is 14.6. The number of unbranched alkanes of at least 4 members (excludes halogenated alkanes) is 31. The van der Waals surface area contributed by atoms with Crippen molar-refractivity contribution >= 4 is 13.7 Å². The summed E-state index contributed by atoms with van der Waals surface area (Å²) in [5.74, 6) is -0.219. The van der Waals surface area contributed by atoms with E-state index < -0.39 is 26.6 Å². The molecule has 430 valence electrons. The van der Waals surface area contributed by atoms with Gasteiger partial charge >= 0.3 is 0 Å². The van der Waals surface area contributed by atoms with E-state index in [1.807, 2.05) is 27.2 Å². The maximum atomic E-state index is 13.0. The maximum Gasteiger partial charge on any atom is 0.268 e. The number of hydrogen-bond acceptors (Lipinski definition) is 6. The van der Waals surface area contributed by atoms with Gasteiger partial charge in [0.05, 0.1) is 39.9 Å². The van der Waals surface area contributed by atoms with Crippen molar-refractivity contribution in [1.29, 1.82) is 0 Å². The predicted octanol–water partition coefficient (Wildman–Crippen LogP) is 18.6. The average Bonchev–Trinajstić information content (AvgIpc) is 3.36. The van der Waals surface area contributed by atoms with E-state index in [1.54, 1.807) is 6.08 Å². The highest BCUT2D eigenvalue weighted by molar-refractivity contribution is 7.45. The quantitative estimate of drug-likeness (QED) is 0.0272. The van der Waals surface area contributed by atoms with Crippen LogP contribution in [0.25, 0.3) is 0 Å². The number of carbonyl (C=O) groups excluding carboxylic acids is 1. The molecule has 1 amide bonds. The second-order valence-corrected chi connectivity index (χ2v) is 23.4. The fraction of sp³-hybridized carbons (Fsp3) is 0.769. The third kappa shape index (κ3) is 57.4. The summed E-state index contributed by atoms with van der Waals surface area (Å²) in [5, 5.41) is 13.9. The molecular weight excluding hydrogens is 936 g/mol. The summed E-state index contributed by atoms with van der Waals surface area (Å²) in [6, 6.07) is -0.916. The van der Waals surface area contributed by atoms with E-state index in [-0.39, 0.29) is 12.5 Å². The molecule has 74 heavy (non-hydrogen) atoms. The predicted molar refractivity (Wildman–Crippen MR) is 320 cm³/mol. The van der Waals surface area contributed by atoms with Gasteiger partial charge in [-0.25, -0.2) is 0 Å². The number of amides is 1. The molecule has 0 saturated carbocycles. The van der Waals surface area contributed by atoms with Crippen molar-refractivity contribution in [2.75, 3.05) is 40.9 Å². The highest BCUT2D eigenvalue weighted by atomic mass is 31.2. The van der Waals surface area contributed by atoms with Crippen LogP contribution in [0, 0.1) is 0 Å². The SMILES string of the molecule is CC/C=C\C/C=C\C/C=C\C/C=C\C/C=C\CCCCCCCCCC(=O)NC(COP(=O)([O-])OCC[N+](C)(C)C)C(O)/C=C/CC/C=C/CCCCCCCCCCCCCCCCCCCCCCCCC. The van der Waals surface area contributed by atoms with Gasteiger partial charge in [0.15, 0.2) is 0 Å². The van der Waals surface area contributed by atoms with Gasteiger partial charge < -0.3 is 28.8 Å². The lowest BCUT2D eigenvalue weighted by Crippen LogP contribution is -2.45. The number of phosphoric ester groups is 1. The molecule has 3 unspecified atom stereocenters. The van der Waals surface area contributed by atoms with Crippen LogP contribution in [-0.4, -0.2) is 68.5 Å². The van der Waals surface area contributed by atoms with Crippen molar-refractivity contribution in [2.24, 2.45) is 0 Å². The highest BCUT2D eigenvalue weighted by Crippen LogP contribution is 2.38. The van der Waals surface area contributed by atoms with E-state index in [9.17, 15) is 19.4 Å². The first-order valence-electron chi connectivity index (χ1n) is 30.9. The van der Waals surface area contributed by atoms with Gasteiger partial charge in [-0.3, -0.25) is 9.36 Å². The van der Waals surface area contributed by atoms with Crippen molar-refractivity contribution in [3.05, 3.63) is 85.1 Å². The van der Waals surface area contributed by atoms with Crippen LogP contribution in [0.5, 0.6) is 0 Å². The number of hydrogen-bond donors (Lipinski definition) is 2. The average molecular weight is 1060 g/mol. The smallest absolute Gasteiger partial charge is 0.268 e. The van der Waals surface area contributed by atoms with Gasteiger partial charge in [-0.1, -0.05) is 272 Å². The molecule has 0 aromatic heterocycles. The molecule has 0 heterocycles. The Bertz CT molecular complexity index is 1480. The zero-order chi connectivity index (χ0) is 54.2. The Labute approximate surface area is 458 Å². The Morgan fingerprint density at radius 1 is 0.486 bits per heavy atom. The number of nitrogens with zero attached hydrogens (tertiary/aromatic N) is 1. The number of aliphatic hydroxyl groups excluding tert-OH is 1. The van der Waals surface area contributed by atoms with E-state index in [0.717, 1.165) is 83.5 Å². The normalized spacial score (nSPS) is 14.4. The Morgan fingerprint density at radius 2 is 0.838 bits per heavy atom. The van der Waals surface area contributed by atoms with Crippen molar-refractivity contribution in [3.63, 3.8) is 0 Å². The minimum absolute atomic E-state index is 0.0127. The summed E-state index contributed by atoms with van der Waals surface area (Å²) in [6.45, 7) is 4.52. The Balaban J connectivity index is 4.23. The van der Waals surface area contributed by atoms with Gasteiger partial charge in [0.2, 0.25) is 5.91 Å². The highest BCUT2D eigenvalue weighted by Gasteiger charge is 2.23. The van der Waals surface area contributed by atoms with Crippen LogP contribution < -0.4 is 10.2 Å². The largest absolute Gasteiger partial charge is 0.756 e. The lowest BCUT2D eigenvalue weighted by molar-refractivity contribution is -0.870. The fourth-order valence-electron chi connectivity index (χ4n) is 8.79. The van der Waals surface area contributed by atoms with Crippen LogP contribution in [0.2, 0.25) is 0 Å². The molecule has 0 aliphatic carbocycles. The van der Waals surface area contributed by atoms with Crippen LogP contribution >= 0.6 is 7.82 Å². The van der Waals surface area contributed by atoms with Gasteiger partial charge in [-0.15, -0.1) is 0 Å². The molecule has 0 aliphatic heterocycles. The van der Waals surface area contributed by atoms with Crippen molar-refractivity contribution < 1.29 is 32.9 Å². The van der Waals surface area contributed by atoms with Gasteiger partial charge in [-0.2, -0.15) is 0 Å². The summed E-state index contributed by atoms with van der Waals surface area (Å²) in [4.78, 5) is 25.5. The molecule has 3 atom stereocenters. The Hall–Kier alpha value is -2.32. The van der Waals surface area contributed by atoms with E-state index in [0.29, 0.717) is 17.4 Å². The molecule has 0 rings (SSSR count). The molecule has 0 saturated heterocycles. The van der Waals surface area contributed by atoms with E-state index in [2.05, 4.69) is 92.1 Å². The number of phosphoric acid groups is 1. The standard InChI is InChI=1S/C65H119N2O6P/c1-6-8-10-12-14-16-18-20-22-24-26-28-30-31-32-33-34-35-37-38-40-42-44-46-48-50-52-54-56-58-64(68)63(62-73-74(70,71)72-61-60-67(3,4)5)66-65(69)59-57-55-53-51-49-47-45-43-41-39-36-29-27-25-23-21-19-17-15-13-11-9-7-2/h9,11,15,17,21,23,27,29,39,41,48,50,56,58,63-64,68H,6-8,10,12-14,16,18-20,22,24-26,28,30-38,40,42-47,49,51-55,57,59-62H2,1-5H3,(H-,66,69,70,71)/b11-9-,17-15-,23-21-,29-27-,41-39-,50-48+,58-56+. The fourth-order valence-corrected chi connectivity index (χ4v) is 9.51. The molecule has 0 radical (unpaired) electrons. The summed E-state index contributed by atoms with van der Waals surface area (Å²) < 4.78 is 23.4. The summed E-state index contributed by atoms with van der Waals surface area (Å²) in [6.07, 6.45) is 78.2. The molecule has 9 heteroatoms. The number of quaternary nitrogens is 1. The van der Waals surface area contributed by atoms with Gasteiger partial charge in [0.1, 0.15) is 13.2 Å². The summed E-state index contributed by atoms with van der Waals surface area (Å²) in [5.41, 5.74) is 0. The number of rotatable bonds is 56. The molecule has 0 aromatic rings. The van der Waals surface area contributed by atoms with Crippen LogP contribution in [0.15, 0.2) is 85.1 Å². The minimum Gasteiger partial charge on any atom is -0.756 e. The number of aliphatic hydroxyl groups is 1. The third-order valence-electron chi connectivity index (χ3n) is 13.6. The van der Waals surface area contributed by atoms with Gasteiger partial charge in [0, 0.05) is 6.42 Å². The van der Waals surface area contributed by atoms with Crippen LogP contribution in [0.3, 0.4) is 0 Å². The first kappa shape index (κ1) is 71.7. The number of carbonyl (C=O) groups is 1. The maximum absolute atomic E-state index is 13.0. The van der Waals surface area contributed by atoms with Crippen molar-refractivity contribution in [2.45, 2.75) is 283 Å². The van der Waals surface area contributed by atoms with Crippen LogP contribution in [0.4, 0.5) is 0 Å². The second kappa shape index (κ2) is 55.4. The molecule has 0 aliphatic rings. The zero-order valence-corrected chi connectivity index (χ0v) is 49.9. The van der Waals surface area contributed by atoms with E-state index >= 15 is 0 Å². The second-order valence-electron chi connectivity index (χ2n) is 22.0. The lowest BCUT2D eigenvalue weighted by atomic mass is 10.0. The number of likely N-dealkylation sites (N-methyl/N-ethyl adjacent to an activating group) is 1. The zero-order valence-electron chi connectivity index (χ0n) is 49.0. The molecule has 0 fully saturated rings. The summed E-state index contributed by atoms with van der Waals surface area (Å²) in [7, 11) is 1.23. The molecule has 2 N–H and O–H groups in total. The van der Waals surface area contributed by atoms with Crippen molar-refractivity contribution in [1.82, 2.24) is 5.32 Å². The van der Waals surface area contributed by atoms with Gasteiger partial charge in [0.25, 0.3) is 7.82 Å². The topological polar surface area (TPSA) is 108 Å². The molecular formula is C65H119N2O6P. The van der Waals surface area contributed by atoms with E-state index in [1.165, 1.54) is 167 Å². The lowest BCUT2D eigenvalue weighted by Gasteiger charge is -2.29. The minimum atomic E-state index is -4.62. The van der Waals surface area contributed by atoms with Crippen LogP contribution in [0.1, 0.15) is 271 Å². The monoisotopic (exact) mass is 1050 g/mol. The van der Waals surface area contributed by atoms with Crippen LogP contribution in [-0.2, 0) is 18.4 Å². The molecule has 0 spiro atoms.